The average Bonchev–Trinajstić information content (AvgIpc) is 2.22. The fourth-order valence-electron chi connectivity index (χ4n) is 1.36. The first-order valence-electron chi connectivity index (χ1n) is 4.85. The van der Waals surface area contributed by atoms with E-state index in [1.54, 1.807) is 0 Å². The van der Waals surface area contributed by atoms with Gasteiger partial charge in [-0.25, -0.2) is 0 Å². The molecule has 0 atom stereocenters. The summed E-state index contributed by atoms with van der Waals surface area (Å²) in [6.45, 7) is 2.59. The molecule has 0 unspecified atom stereocenters. The van der Waals surface area contributed by atoms with Crippen molar-refractivity contribution >= 4 is 34.8 Å². The predicted molar refractivity (Wildman–Crippen MR) is 68.2 cm³/mol. The van der Waals surface area contributed by atoms with Crippen LogP contribution in [0, 0.1) is 0 Å². The largest absolute Gasteiger partial charge is 1.00 e. The molecule has 16 heavy (non-hydrogen) atoms. The van der Waals surface area contributed by atoms with Crippen LogP contribution in [0.3, 0.4) is 0 Å². The number of benzene rings is 1. The van der Waals surface area contributed by atoms with Crippen molar-refractivity contribution in [2.45, 2.75) is 6.54 Å². The van der Waals surface area contributed by atoms with Gasteiger partial charge in [0, 0.05) is 36.4 Å². The molecule has 0 heterocycles. The van der Waals surface area contributed by atoms with E-state index >= 15 is 0 Å². The van der Waals surface area contributed by atoms with E-state index in [2.05, 4.69) is 4.90 Å². The lowest BCUT2D eigenvalue weighted by Crippen LogP contribution is -3.00. The van der Waals surface area contributed by atoms with Crippen molar-refractivity contribution in [3.05, 3.63) is 34.9 Å². The van der Waals surface area contributed by atoms with Crippen LogP contribution < -0.4 is 12.4 Å². The highest BCUT2D eigenvalue weighted by molar-refractivity contribution is 6.30. The van der Waals surface area contributed by atoms with E-state index in [0.717, 1.165) is 24.7 Å². The molecule has 0 radical (unpaired) electrons. The van der Waals surface area contributed by atoms with E-state index in [9.17, 15) is 0 Å². The molecule has 92 valence electrons. The van der Waals surface area contributed by atoms with Crippen molar-refractivity contribution in [2.75, 3.05) is 24.8 Å². The maximum absolute atomic E-state index is 5.81. The Morgan fingerprint density at radius 2 is 1.44 bits per heavy atom. The van der Waals surface area contributed by atoms with Crippen LogP contribution in [0.5, 0.6) is 0 Å². The van der Waals surface area contributed by atoms with Crippen LogP contribution in [0.25, 0.3) is 0 Å². The van der Waals surface area contributed by atoms with Gasteiger partial charge in [-0.2, -0.15) is 0 Å². The summed E-state index contributed by atoms with van der Waals surface area (Å²) in [5.74, 6) is 1.26. The van der Waals surface area contributed by atoms with Gasteiger partial charge < -0.3 is 12.4 Å². The van der Waals surface area contributed by atoms with E-state index in [0.29, 0.717) is 11.8 Å². The zero-order chi connectivity index (χ0) is 11.1. The summed E-state index contributed by atoms with van der Waals surface area (Å²) in [5, 5.41) is 0.764. The number of alkyl halides is 2. The van der Waals surface area contributed by atoms with Gasteiger partial charge in [-0.3, -0.25) is 4.90 Å². The van der Waals surface area contributed by atoms with Crippen molar-refractivity contribution in [1.82, 2.24) is 4.90 Å². The number of nitrogens with zero attached hydrogens (tertiary/aromatic N) is 1. The highest BCUT2D eigenvalue weighted by atomic mass is 35.5. The molecule has 0 amide bonds. The zero-order valence-corrected chi connectivity index (χ0v) is 11.8. The molecular weight excluding hydrogens is 288 g/mol. The third-order valence-electron chi connectivity index (χ3n) is 2.12. The van der Waals surface area contributed by atoms with Crippen molar-refractivity contribution in [2.24, 2.45) is 0 Å². The van der Waals surface area contributed by atoms with Crippen LogP contribution in [-0.2, 0) is 6.54 Å². The quantitative estimate of drug-likeness (QED) is 0.697. The minimum atomic E-state index is 0. The number of hydrogen-bond donors (Lipinski definition) is 0. The van der Waals surface area contributed by atoms with Crippen molar-refractivity contribution in [1.29, 1.82) is 0 Å². The van der Waals surface area contributed by atoms with Crippen molar-refractivity contribution in [3.8, 4) is 0 Å². The minimum absolute atomic E-state index is 0. The molecule has 1 aromatic carbocycles. The number of halogens is 4. The average molecular weight is 302 g/mol. The lowest BCUT2D eigenvalue weighted by atomic mass is 10.2. The Kier molecular flexibility index (Phi) is 9.58. The Labute approximate surface area is 118 Å². The van der Waals surface area contributed by atoms with Crippen LogP contribution in [0.1, 0.15) is 5.56 Å². The molecule has 0 aliphatic heterocycles. The van der Waals surface area contributed by atoms with E-state index in [-0.39, 0.29) is 12.4 Å². The van der Waals surface area contributed by atoms with Gasteiger partial charge >= 0.3 is 0 Å². The summed E-state index contributed by atoms with van der Waals surface area (Å²) >= 11 is 17.2. The first-order valence-corrected chi connectivity index (χ1v) is 6.29. The molecule has 0 saturated carbocycles. The first kappa shape index (κ1) is 16.3. The molecule has 0 aliphatic rings. The second kappa shape index (κ2) is 9.38. The summed E-state index contributed by atoms with van der Waals surface area (Å²) in [5.41, 5.74) is 1.23. The standard InChI is InChI=1S/C11H14Cl3N.ClH/c12-5-7-15(8-6-13)9-10-1-3-11(14)4-2-10;/h1-4H,5-9H2;1H/p-1. The van der Waals surface area contributed by atoms with Gasteiger partial charge in [0.15, 0.2) is 0 Å². The molecule has 1 nitrogen and oxygen atoms in total. The Morgan fingerprint density at radius 3 is 1.88 bits per heavy atom. The first-order chi connectivity index (χ1) is 7.26. The zero-order valence-electron chi connectivity index (χ0n) is 8.80. The second-order valence-corrected chi connectivity index (χ2v) is 4.47. The SMILES string of the molecule is ClCCN(CCCl)Cc1ccc(Cl)cc1.[Cl-]. The van der Waals surface area contributed by atoms with Gasteiger partial charge in [-0.15, -0.1) is 23.2 Å². The lowest BCUT2D eigenvalue weighted by molar-refractivity contribution is -0.00000287. The number of hydrogen-bond acceptors (Lipinski definition) is 1. The highest BCUT2D eigenvalue weighted by Crippen LogP contribution is 2.11. The second-order valence-electron chi connectivity index (χ2n) is 3.28. The normalized spacial score (nSPS) is 10.2. The van der Waals surface area contributed by atoms with Crippen molar-refractivity contribution in [3.63, 3.8) is 0 Å². The van der Waals surface area contributed by atoms with Gasteiger partial charge in [0.2, 0.25) is 0 Å². The molecule has 0 bridgehead atoms. The van der Waals surface area contributed by atoms with E-state index < -0.39 is 0 Å². The van der Waals surface area contributed by atoms with Crippen LogP contribution in [0.2, 0.25) is 5.02 Å². The van der Waals surface area contributed by atoms with Crippen LogP contribution in [0.15, 0.2) is 24.3 Å². The molecule has 1 aromatic rings. The van der Waals surface area contributed by atoms with Crippen molar-refractivity contribution < 1.29 is 12.4 Å². The third kappa shape index (κ3) is 6.17. The fourth-order valence-corrected chi connectivity index (χ4v) is 1.96. The van der Waals surface area contributed by atoms with Crippen LogP contribution in [0.4, 0.5) is 0 Å². The van der Waals surface area contributed by atoms with E-state index in [4.69, 9.17) is 34.8 Å². The van der Waals surface area contributed by atoms with Crippen LogP contribution >= 0.6 is 34.8 Å². The molecule has 0 fully saturated rings. The molecule has 0 spiro atoms. The van der Waals surface area contributed by atoms with Gasteiger partial charge in [0.25, 0.3) is 0 Å². The van der Waals surface area contributed by atoms with E-state index in [1.807, 2.05) is 24.3 Å². The smallest absolute Gasteiger partial charge is 0.0406 e. The fraction of sp³-hybridized carbons (Fsp3) is 0.455. The number of rotatable bonds is 6. The summed E-state index contributed by atoms with van der Waals surface area (Å²) in [7, 11) is 0. The predicted octanol–water partition coefficient (Wildman–Crippen LogP) is 0.624. The van der Waals surface area contributed by atoms with Crippen LogP contribution in [-0.4, -0.2) is 29.7 Å². The summed E-state index contributed by atoms with van der Waals surface area (Å²) < 4.78 is 0. The molecule has 0 aliphatic carbocycles. The van der Waals surface area contributed by atoms with Gasteiger partial charge in [-0.1, -0.05) is 23.7 Å². The molecule has 0 N–H and O–H groups in total. The molecular formula is C11H14Cl4N-. The highest BCUT2D eigenvalue weighted by Gasteiger charge is 2.04. The van der Waals surface area contributed by atoms with Gasteiger partial charge in [0.1, 0.15) is 0 Å². The molecule has 1 rings (SSSR count). The Bertz CT molecular complexity index is 270. The summed E-state index contributed by atoms with van der Waals surface area (Å²) in [6, 6.07) is 7.85. The van der Waals surface area contributed by atoms with E-state index in [1.165, 1.54) is 5.56 Å². The Hall–Kier alpha value is 0.340. The maximum Gasteiger partial charge on any atom is 0.0406 e. The monoisotopic (exact) mass is 300 g/mol. The maximum atomic E-state index is 5.81. The molecule has 0 aromatic heterocycles. The Balaban J connectivity index is 0.00000225. The summed E-state index contributed by atoms with van der Waals surface area (Å²) in [4.78, 5) is 2.23. The summed E-state index contributed by atoms with van der Waals surface area (Å²) in [6.07, 6.45) is 0. The molecule has 0 saturated heterocycles. The molecule has 5 heteroatoms. The Morgan fingerprint density at radius 1 is 0.938 bits per heavy atom. The topological polar surface area (TPSA) is 3.24 Å². The lowest BCUT2D eigenvalue weighted by Gasteiger charge is -2.19. The minimum Gasteiger partial charge on any atom is -1.00 e. The van der Waals surface area contributed by atoms with Gasteiger partial charge in [-0.05, 0) is 17.7 Å². The van der Waals surface area contributed by atoms with Gasteiger partial charge in [0.05, 0.1) is 0 Å². The third-order valence-corrected chi connectivity index (χ3v) is 2.71.